The van der Waals surface area contributed by atoms with Crippen molar-refractivity contribution in [1.82, 2.24) is 0 Å². The van der Waals surface area contributed by atoms with Crippen LogP contribution in [0.5, 0.6) is 0 Å². The number of hydrogen-bond acceptors (Lipinski definition) is 3. The first-order valence-corrected chi connectivity index (χ1v) is 7.61. The van der Waals surface area contributed by atoms with Gasteiger partial charge in [-0.3, -0.25) is 4.72 Å². The van der Waals surface area contributed by atoms with Gasteiger partial charge in [-0.1, -0.05) is 17.7 Å². The van der Waals surface area contributed by atoms with E-state index in [0.29, 0.717) is 0 Å². The van der Waals surface area contributed by atoms with Crippen LogP contribution in [0.1, 0.15) is 5.56 Å². The normalized spacial score (nSPS) is 11.4. The summed E-state index contributed by atoms with van der Waals surface area (Å²) in [4.78, 5) is -0.751. The Labute approximate surface area is 125 Å². The summed E-state index contributed by atoms with van der Waals surface area (Å²) in [7, 11) is -4.28. The van der Waals surface area contributed by atoms with Crippen molar-refractivity contribution in [2.45, 2.75) is 11.8 Å². The van der Waals surface area contributed by atoms with Gasteiger partial charge in [0.25, 0.3) is 10.0 Å². The van der Waals surface area contributed by atoms with Crippen molar-refractivity contribution in [2.75, 3.05) is 10.5 Å². The van der Waals surface area contributed by atoms with Crippen molar-refractivity contribution < 1.29 is 17.2 Å². The highest BCUT2D eigenvalue weighted by molar-refractivity contribution is 7.92. The van der Waals surface area contributed by atoms with Gasteiger partial charge in [0, 0.05) is 0 Å². The minimum absolute atomic E-state index is 0.0963. The number of aryl methyl sites for hydroxylation is 1. The first kappa shape index (κ1) is 15.5. The van der Waals surface area contributed by atoms with Crippen LogP contribution in [0.4, 0.5) is 20.2 Å². The molecule has 0 aliphatic carbocycles. The standard InChI is InChI=1S/C13H11ClF2N2O2S/c1-7-2-3-8(14)10(6-7)18-21(19,20)11-5-4-9(15)13(17)12(11)16/h2-6,18H,17H2,1H3. The number of hydrogen-bond donors (Lipinski definition) is 2. The van der Waals surface area contributed by atoms with Gasteiger partial charge in [-0.15, -0.1) is 0 Å². The predicted molar refractivity (Wildman–Crippen MR) is 77.8 cm³/mol. The zero-order chi connectivity index (χ0) is 15.8. The van der Waals surface area contributed by atoms with E-state index in [2.05, 4.69) is 4.72 Å². The molecule has 2 rings (SSSR count). The monoisotopic (exact) mass is 332 g/mol. The molecule has 0 unspecified atom stereocenters. The number of sulfonamides is 1. The van der Waals surface area contributed by atoms with Crippen LogP contribution in [0.3, 0.4) is 0 Å². The molecule has 0 aliphatic rings. The van der Waals surface area contributed by atoms with Gasteiger partial charge in [-0.25, -0.2) is 17.2 Å². The van der Waals surface area contributed by atoms with Gasteiger partial charge in [0.2, 0.25) is 0 Å². The van der Waals surface area contributed by atoms with E-state index in [4.69, 9.17) is 17.3 Å². The average molecular weight is 333 g/mol. The molecule has 3 N–H and O–H groups in total. The summed E-state index contributed by atoms with van der Waals surface area (Å²) in [6, 6.07) is 6.27. The van der Waals surface area contributed by atoms with Crippen molar-refractivity contribution in [3.8, 4) is 0 Å². The van der Waals surface area contributed by atoms with Crippen molar-refractivity contribution in [1.29, 1.82) is 0 Å². The van der Waals surface area contributed by atoms with E-state index >= 15 is 0 Å². The lowest BCUT2D eigenvalue weighted by Gasteiger charge is -2.12. The Morgan fingerprint density at radius 3 is 2.52 bits per heavy atom. The van der Waals surface area contributed by atoms with E-state index in [9.17, 15) is 17.2 Å². The minimum atomic E-state index is -4.28. The Hall–Kier alpha value is -1.86. The number of nitrogen functional groups attached to an aromatic ring is 1. The van der Waals surface area contributed by atoms with Crippen LogP contribution >= 0.6 is 11.6 Å². The van der Waals surface area contributed by atoms with Gasteiger partial charge in [0.15, 0.2) is 5.82 Å². The largest absolute Gasteiger partial charge is 0.394 e. The highest BCUT2D eigenvalue weighted by Crippen LogP contribution is 2.28. The number of nitrogens with one attached hydrogen (secondary N) is 1. The summed E-state index contributed by atoms with van der Waals surface area (Å²) in [6.07, 6.45) is 0. The Morgan fingerprint density at radius 1 is 1.19 bits per heavy atom. The van der Waals surface area contributed by atoms with Crippen molar-refractivity contribution in [3.63, 3.8) is 0 Å². The summed E-state index contributed by atoms with van der Waals surface area (Å²) < 4.78 is 53.4. The summed E-state index contributed by atoms with van der Waals surface area (Å²) in [5.74, 6) is -2.37. The van der Waals surface area contributed by atoms with E-state index in [1.54, 1.807) is 13.0 Å². The first-order valence-electron chi connectivity index (χ1n) is 5.75. The Bertz CT molecular complexity index is 810. The van der Waals surface area contributed by atoms with Crippen LogP contribution in [0.2, 0.25) is 5.02 Å². The minimum Gasteiger partial charge on any atom is -0.394 e. The maximum absolute atomic E-state index is 13.8. The van der Waals surface area contributed by atoms with Crippen LogP contribution in [-0.2, 0) is 10.0 Å². The Morgan fingerprint density at radius 2 is 1.86 bits per heavy atom. The molecule has 0 atom stereocenters. The zero-order valence-corrected chi connectivity index (χ0v) is 12.4. The number of rotatable bonds is 3. The van der Waals surface area contributed by atoms with Gasteiger partial charge in [0.1, 0.15) is 16.4 Å². The second-order valence-electron chi connectivity index (χ2n) is 4.36. The summed E-state index contributed by atoms with van der Waals surface area (Å²) >= 11 is 5.88. The lowest BCUT2D eigenvalue weighted by Crippen LogP contribution is -2.16. The van der Waals surface area contributed by atoms with Gasteiger partial charge < -0.3 is 5.73 Å². The molecule has 0 fully saturated rings. The van der Waals surface area contributed by atoms with E-state index in [1.165, 1.54) is 12.1 Å². The molecule has 0 heterocycles. The average Bonchev–Trinajstić information content (AvgIpc) is 2.39. The molecular formula is C13H11ClF2N2O2S. The molecule has 0 saturated heterocycles. The number of nitrogens with two attached hydrogens (primary N) is 1. The van der Waals surface area contributed by atoms with Gasteiger partial charge in [-0.05, 0) is 36.8 Å². The molecule has 21 heavy (non-hydrogen) atoms. The molecule has 0 aromatic heterocycles. The summed E-state index contributed by atoms with van der Waals surface area (Å²) in [5.41, 5.74) is 5.16. The highest BCUT2D eigenvalue weighted by atomic mass is 35.5. The van der Waals surface area contributed by atoms with E-state index in [0.717, 1.165) is 17.7 Å². The topological polar surface area (TPSA) is 72.2 Å². The molecule has 0 radical (unpaired) electrons. The van der Waals surface area contributed by atoms with Crippen LogP contribution in [0.15, 0.2) is 35.2 Å². The number of benzene rings is 2. The third kappa shape index (κ3) is 3.08. The molecule has 0 saturated carbocycles. The van der Waals surface area contributed by atoms with Gasteiger partial charge >= 0.3 is 0 Å². The molecule has 0 spiro atoms. The maximum Gasteiger partial charge on any atom is 0.264 e. The molecule has 0 amide bonds. The Balaban J connectivity index is 2.49. The van der Waals surface area contributed by atoms with Crippen LogP contribution in [-0.4, -0.2) is 8.42 Å². The predicted octanol–water partition coefficient (Wildman–Crippen LogP) is 3.31. The van der Waals surface area contributed by atoms with E-state index < -0.39 is 32.2 Å². The third-order valence-corrected chi connectivity index (χ3v) is 4.46. The number of anilines is 2. The van der Waals surface area contributed by atoms with Crippen LogP contribution in [0.25, 0.3) is 0 Å². The maximum atomic E-state index is 13.8. The lowest BCUT2D eigenvalue weighted by atomic mass is 10.2. The van der Waals surface area contributed by atoms with Crippen molar-refractivity contribution >= 4 is 33.0 Å². The van der Waals surface area contributed by atoms with Crippen LogP contribution in [0, 0.1) is 18.6 Å². The quantitative estimate of drug-likeness (QED) is 0.847. The fourth-order valence-electron chi connectivity index (χ4n) is 1.67. The fourth-order valence-corrected chi connectivity index (χ4v) is 3.06. The molecule has 8 heteroatoms. The molecule has 0 bridgehead atoms. The second kappa shape index (κ2) is 5.50. The molecule has 0 aliphatic heterocycles. The molecule has 2 aromatic carbocycles. The van der Waals surface area contributed by atoms with Gasteiger partial charge in [0.05, 0.1) is 10.7 Å². The molecular weight excluding hydrogens is 322 g/mol. The Kier molecular flexibility index (Phi) is 4.06. The summed E-state index contributed by atoms with van der Waals surface area (Å²) in [5, 5.41) is 0.152. The zero-order valence-electron chi connectivity index (χ0n) is 10.8. The summed E-state index contributed by atoms with van der Waals surface area (Å²) in [6.45, 7) is 1.74. The van der Waals surface area contributed by atoms with Crippen LogP contribution < -0.4 is 10.5 Å². The lowest BCUT2D eigenvalue weighted by molar-refractivity contribution is 0.557. The van der Waals surface area contributed by atoms with E-state index in [1.807, 2.05) is 0 Å². The molecule has 4 nitrogen and oxygen atoms in total. The highest BCUT2D eigenvalue weighted by Gasteiger charge is 2.23. The van der Waals surface area contributed by atoms with Gasteiger partial charge in [-0.2, -0.15) is 0 Å². The number of halogens is 3. The molecule has 2 aromatic rings. The molecule has 112 valence electrons. The second-order valence-corrected chi connectivity index (χ2v) is 6.42. The van der Waals surface area contributed by atoms with E-state index in [-0.39, 0.29) is 10.7 Å². The first-order chi connectivity index (χ1) is 9.72. The third-order valence-electron chi connectivity index (χ3n) is 2.75. The van der Waals surface area contributed by atoms with Crippen molar-refractivity contribution in [2.24, 2.45) is 0 Å². The smallest absolute Gasteiger partial charge is 0.264 e. The fraction of sp³-hybridized carbons (Fsp3) is 0.0769. The van der Waals surface area contributed by atoms with Crippen molar-refractivity contribution in [3.05, 3.63) is 52.6 Å². The SMILES string of the molecule is Cc1ccc(Cl)c(NS(=O)(=O)c2ccc(F)c(N)c2F)c1.